The van der Waals surface area contributed by atoms with Crippen molar-refractivity contribution in [3.63, 3.8) is 0 Å². The van der Waals surface area contributed by atoms with Gasteiger partial charge in [-0.15, -0.1) is 0 Å². The number of carbonyl (C=O) groups excluding carboxylic acids is 2. The van der Waals surface area contributed by atoms with E-state index >= 15 is 0 Å². The molecule has 4 nitrogen and oxygen atoms in total. The summed E-state index contributed by atoms with van der Waals surface area (Å²) in [5, 5.41) is 5.10. The molecule has 1 aromatic carbocycles. The van der Waals surface area contributed by atoms with Crippen LogP contribution in [0.3, 0.4) is 0 Å². The highest BCUT2D eigenvalue weighted by Gasteiger charge is 2.30. The minimum Gasteiger partial charge on any atom is -0.307 e. The van der Waals surface area contributed by atoms with Gasteiger partial charge < -0.3 is 5.32 Å². The van der Waals surface area contributed by atoms with Crippen molar-refractivity contribution in [2.45, 2.75) is 32.6 Å². The van der Waals surface area contributed by atoms with Crippen molar-refractivity contribution in [3.05, 3.63) is 29.8 Å². The number of carbonyl (C=O) groups is 2. The number of hydrogen-bond acceptors (Lipinski definition) is 2. The molecule has 1 fully saturated rings. The second-order valence-electron chi connectivity index (χ2n) is 4.96. The van der Waals surface area contributed by atoms with Crippen LogP contribution in [0.15, 0.2) is 24.3 Å². The van der Waals surface area contributed by atoms with E-state index < -0.39 is 6.03 Å². The van der Waals surface area contributed by atoms with Crippen LogP contribution in [0.2, 0.25) is 0 Å². The molecular weight excluding hydrogens is 228 g/mol. The Morgan fingerprint density at radius 1 is 1.22 bits per heavy atom. The highest BCUT2D eigenvalue weighted by molar-refractivity contribution is 6.02. The molecule has 2 N–H and O–H groups in total. The monoisotopic (exact) mass is 246 g/mol. The highest BCUT2D eigenvalue weighted by atomic mass is 16.2. The third-order valence-corrected chi connectivity index (χ3v) is 3.02. The van der Waals surface area contributed by atoms with Gasteiger partial charge in [0.25, 0.3) is 0 Å². The normalized spacial score (nSPS) is 14.4. The second-order valence-corrected chi connectivity index (χ2v) is 4.96. The molecule has 4 heteroatoms. The summed E-state index contributed by atoms with van der Waals surface area (Å²) >= 11 is 0. The quantitative estimate of drug-likeness (QED) is 0.861. The van der Waals surface area contributed by atoms with E-state index in [1.165, 1.54) is 0 Å². The third-order valence-electron chi connectivity index (χ3n) is 3.02. The summed E-state index contributed by atoms with van der Waals surface area (Å²) in [5.41, 5.74) is 1.82. The van der Waals surface area contributed by atoms with E-state index in [1.807, 2.05) is 24.3 Å². The van der Waals surface area contributed by atoms with Crippen molar-refractivity contribution < 1.29 is 9.59 Å². The molecule has 0 aliphatic heterocycles. The molecule has 0 heterocycles. The molecule has 18 heavy (non-hydrogen) atoms. The first-order valence-electron chi connectivity index (χ1n) is 6.28. The summed E-state index contributed by atoms with van der Waals surface area (Å²) in [6.45, 7) is 4.13. The Labute approximate surface area is 107 Å². The lowest BCUT2D eigenvalue weighted by molar-refractivity contribution is -0.121. The van der Waals surface area contributed by atoms with Gasteiger partial charge in [-0.25, -0.2) is 4.79 Å². The molecule has 1 aliphatic rings. The fourth-order valence-corrected chi connectivity index (χ4v) is 1.83. The van der Waals surface area contributed by atoms with Gasteiger partial charge in [-0.05, 0) is 30.4 Å². The van der Waals surface area contributed by atoms with Crippen molar-refractivity contribution >= 4 is 17.6 Å². The topological polar surface area (TPSA) is 58.2 Å². The van der Waals surface area contributed by atoms with Gasteiger partial charge in [-0.3, -0.25) is 10.1 Å². The number of imide groups is 1. The van der Waals surface area contributed by atoms with Crippen LogP contribution in [0, 0.1) is 5.92 Å². The van der Waals surface area contributed by atoms with Crippen LogP contribution >= 0.6 is 0 Å². The molecule has 0 aromatic heterocycles. The molecule has 2 rings (SSSR count). The number of nitrogens with one attached hydrogen (secondary N) is 2. The van der Waals surface area contributed by atoms with E-state index in [9.17, 15) is 9.59 Å². The van der Waals surface area contributed by atoms with Crippen LogP contribution in [0.1, 0.15) is 38.2 Å². The molecule has 1 saturated carbocycles. The summed E-state index contributed by atoms with van der Waals surface area (Å²) in [5.74, 6) is 0.186. The smallest absolute Gasteiger partial charge is 0.307 e. The predicted octanol–water partition coefficient (Wildman–Crippen LogP) is 2.87. The molecule has 0 bridgehead atoms. The van der Waals surface area contributed by atoms with Crippen LogP contribution in [0.4, 0.5) is 10.5 Å². The molecule has 0 unspecified atom stereocenters. The van der Waals surface area contributed by atoms with Gasteiger partial charge in [0.15, 0.2) is 0 Å². The van der Waals surface area contributed by atoms with E-state index in [0.717, 1.165) is 24.1 Å². The van der Waals surface area contributed by atoms with Crippen LogP contribution in [0.25, 0.3) is 0 Å². The number of para-hydroxylation sites is 1. The average Bonchev–Trinajstić information content (AvgIpc) is 3.12. The summed E-state index contributed by atoms with van der Waals surface area (Å²) < 4.78 is 0. The Balaban J connectivity index is 1.99. The second kappa shape index (κ2) is 5.21. The van der Waals surface area contributed by atoms with Crippen LogP contribution in [-0.4, -0.2) is 11.9 Å². The fraction of sp³-hybridized carbons (Fsp3) is 0.429. The Morgan fingerprint density at radius 3 is 2.50 bits per heavy atom. The maximum absolute atomic E-state index is 11.7. The summed E-state index contributed by atoms with van der Waals surface area (Å²) in [6, 6.07) is 7.18. The molecule has 0 radical (unpaired) electrons. The number of amides is 3. The van der Waals surface area contributed by atoms with Gasteiger partial charge >= 0.3 is 6.03 Å². The predicted molar refractivity (Wildman–Crippen MR) is 70.4 cm³/mol. The van der Waals surface area contributed by atoms with E-state index in [-0.39, 0.29) is 11.8 Å². The van der Waals surface area contributed by atoms with Crippen molar-refractivity contribution in [2.24, 2.45) is 5.92 Å². The minimum absolute atomic E-state index is 0.0380. The van der Waals surface area contributed by atoms with Gasteiger partial charge in [-0.1, -0.05) is 32.0 Å². The lowest BCUT2D eigenvalue weighted by atomic mass is 10.0. The van der Waals surface area contributed by atoms with Gasteiger partial charge in [0.2, 0.25) is 5.91 Å². The highest BCUT2D eigenvalue weighted by Crippen LogP contribution is 2.29. The molecule has 3 amide bonds. The zero-order valence-electron chi connectivity index (χ0n) is 10.7. The number of anilines is 1. The standard InChI is InChI=1S/C14H18N2O2/c1-9(2)11-5-3-4-6-12(11)15-14(18)16-13(17)10-7-8-10/h3-6,9-10H,7-8H2,1-2H3,(H2,15,16,17,18). The maximum atomic E-state index is 11.7. The number of benzene rings is 1. The molecule has 96 valence electrons. The van der Waals surface area contributed by atoms with Gasteiger partial charge in [-0.2, -0.15) is 0 Å². The minimum atomic E-state index is -0.444. The Hall–Kier alpha value is -1.84. The van der Waals surface area contributed by atoms with Gasteiger partial charge in [0.05, 0.1) is 0 Å². The maximum Gasteiger partial charge on any atom is 0.325 e. The van der Waals surface area contributed by atoms with Crippen LogP contribution in [0.5, 0.6) is 0 Å². The molecule has 0 atom stereocenters. The number of rotatable bonds is 3. The summed E-state index contributed by atoms with van der Waals surface area (Å²) in [4.78, 5) is 23.1. The van der Waals surface area contributed by atoms with E-state index in [4.69, 9.17) is 0 Å². The lowest BCUT2D eigenvalue weighted by Gasteiger charge is -2.13. The van der Waals surface area contributed by atoms with Gasteiger partial charge in [0.1, 0.15) is 0 Å². The molecule has 0 spiro atoms. The molecule has 1 aliphatic carbocycles. The first kappa shape index (κ1) is 12.6. The van der Waals surface area contributed by atoms with Crippen molar-refractivity contribution in [2.75, 3.05) is 5.32 Å². The summed E-state index contributed by atoms with van der Waals surface area (Å²) in [6.07, 6.45) is 1.78. The van der Waals surface area contributed by atoms with Crippen molar-refractivity contribution in [3.8, 4) is 0 Å². The lowest BCUT2D eigenvalue weighted by Crippen LogP contribution is -2.35. The van der Waals surface area contributed by atoms with Crippen molar-refractivity contribution in [1.82, 2.24) is 5.32 Å². The third kappa shape index (κ3) is 3.09. The summed E-state index contributed by atoms with van der Waals surface area (Å²) in [7, 11) is 0. The SMILES string of the molecule is CC(C)c1ccccc1NC(=O)NC(=O)C1CC1. The first-order valence-corrected chi connectivity index (χ1v) is 6.28. The number of hydrogen-bond donors (Lipinski definition) is 2. The van der Waals surface area contributed by atoms with E-state index in [0.29, 0.717) is 5.92 Å². The Kier molecular flexibility index (Phi) is 3.65. The fourth-order valence-electron chi connectivity index (χ4n) is 1.83. The average molecular weight is 246 g/mol. The van der Waals surface area contributed by atoms with E-state index in [1.54, 1.807) is 0 Å². The molecule has 1 aromatic rings. The van der Waals surface area contributed by atoms with Gasteiger partial charge in [0, 0.05) is 11.6 Å². The zero-order chi connectivity index (χ0) is 13.1. The number of urea groups is 1. The Morgan fingerprint density at radius 2 is 1.89 bits per heavy atom. The van der Waals surface area contributed by atoms with Crippen LogP contribution in [-0.2, 0) is 4.79 Å². The van der Waals surface area contributed by atoms with E-state index in [2.05, 4.69) is 24.5 Å². The van der Waals surface area contributed by atoms with Crippen LogP contribution < -0.4 is 10.6 Å². The largest absolute Gasteiger partial charge is 0.325 e. The zero-order valence-corrected chi connectivity index (χ0v) is 10.7. The molecule has 0 saturated heterocycles. The van der Waals surface area contributed by atoms with Crippen molar-refractivity contribution in [1.29, 1.82) is 0 Å². The Bertz CT molecular complexity index is 465. The molecular formula is C14H18N2O2. The first-order chi connectivity index (χ1) is 8.58.